The van der Waals surface area contributed by atoms with Gasteiger partial charge in [-0.05, 0) is 24.6 Å². The van der Waals surface area contributed by atoms with Gasteiger partial charge >= 0.3 is 0 Å². The predicted molar refractivity (Wildman–Crippen MR) is 112 cm³/mol. The highest BCUT2D eigenvalue weighted by molar-refractivity contribution is 5.83. The first kappa shape index (κ1) is 23.1. The summed E-state index contributed by atoms with van der Waals surface area (Å²) in [7, 11) is 0. The van der Waals surface area contributed by atoms with Crippen molar-refractivity contribution < 1.29 is 24.2 Å². The van der Waals surface area contributed by atoms with Crippen LogP contribution in [0.25, 0.3) is 0 Å². The molecule has 0 aromatic heterocycles. The summed E-state index contributed by atoms with van der Waals surface area (Å²) in [6.07, 6.45) is 1.31. The Morgan fingerprint density at radius 1 is 1.10 bits per heavy atom. The number of aldehydes is 1. The summed E-state index contributed by atoms with van der Waals surface area (Å²) in [5.74, 6) is 0.275. The maximum atomic E-state index is 11.9. The van der Waals surface area contributed by atoms with Gasteiger partial charge in [0.15, 0.2) is 6.29 Å². The number of ether oxygens (including phenoxy) is 1. The van der Waals surface area contributed by atoms with Crippen LogP contribution in [0.4, 0.5) is 22.7 Å². The van der Waals surface area contributed by atoms with Gasteiger partial charge in [-0.25, -0.2) is 0 Å². The number of hydrogen-bond acceptors (Lipinski definition) is 9. The number of benzene rings is 2. The summed E-state index contributed by atoms with van der Waals surface area (Å²) in [5, 5.41) is 27.3. The lowest BCUT2D eigenvalue weighted by Gasteiger charge is -2.09. The van der Waals surface area contributed by atoms with E-state index in [0.29, 0.717) is 29.7 Å². The zero-order valence-corrected chi connectivity index (χ0v) is 16.4. The molecule has 2 aromatic carbocycles. The molecule has 0 aliphatic carbocycles. The molecule has 0 atom stereocenters. The van der Waals surface area contributed by atoms with Crippen LogP contribution >= 0.6 is 0 Å². The number of nitro benzene ring substituents is 2. The lowest BCUT2D eigenvalue weighted by Crippen LogP contribution is -2.28. The summed E-state index contributed by atoms with van der Waals surface area (Å²) < 4.78 is 5.48. The number of nitrogen functional groups attached to an aromatic ring is 1. The fraction of sp³-hybridized carbons (Fsp3) is 0.263. The average Bonchev–Trinajstić information content (AvgIpc) is 2.74. The van der Waals surface area contributed by atoms with E-state index in [1.807, 2.05) is 0 Å². The molecule has 1 amide bonds. The molecule has 164 valence electrons. The van der Waals surface area contributed by atoms with E-state index in [9.17, 15) is 29.8 Å². The summed E-state index contributed by atoms with van der Waals surface area (Å²) in [6, 6.07) is 7.99. The second-order valence-corrected chi connectivity index (χ2v) is 6.35. The molecule has 2 aromatic rings. The normalized spacial score (nSPS) is 10.2. The second kappa shape index (κ2) is 11.1. The van der Waals surface area contributed by atoms with Crippen LogP contribution in [0.5, 0.6) is 5.75 Å². The monoisotopic (exact) mass is 431 g/mol. The molecule has 12 heteroatoms. The molecule has 0 bridgehead atoms. The number of rotatable bonds is 12. The quantitative estimate of drug-likeness (QED) is 0.149. The van der Waals surface area contributed by atoms with E-state index in [1.165, 1.54) is 12.1 Å². The number of nitrogens with zero attached hydrogens (tertiary/aromatic N) is 2. The van der Waals surface area contributed by atoms with Crippen molar-refractivity contribution >= 4 is 34.9 Å². The van der Waals surface area contributed by atoms with Crippen molar-refractivity contribution in [2.75, 3.05) is 30.7 Å². The minimum Gasteiger partial charge on any atom is -0.494 e. The molecule has 0 fully saturated rings. The zero-order chi connectivity index (χ0) is 22.8. The number of nitrogens with one attached hydrogen (secondary N) is 2. The highest BCUT2D eigenvalue weighted by Gasteiger charge is 2.19. The summed E-state index contributed by atoms with van der Waals surface area (Å²) in [6.45, 7) is 0.682. The number of carbonyl (C=O) groups is 2. The summed E-state index contributed by atoms with van der Waals surface area (Å²) in [4.78, 5) is 43.0. The zero-order valence-electron chi connectivity index (χ0n) is 16.4. The molecule has 0 aliphatic rings. The third kappa shape index (κ3) is 6.96. The molecule has 0 spiro atoms. The summed E-state index contributed by atoms with van der Waals surface area (Å²) in [5.41, 5.74) is 5.70. The van der Waals surface area contributed by atoms with Crippen molar-refractivity contribution in [3.63, 3.8) is 0 Å². The fourth-order valence-corrected chi connectivity index (χ4v) is 2.59. The second-order valence-electron chi connectivity index (χ2n) is 6.35. The van der Waals surface area contributed by atoms with Crippen molar-refractivity contribution in [1.29, 1.82) is 0 Å². The van der Waals surface area contributed by atoms with Gasteiger partial charge in [0.25, 0.3) is 11.4 Å². The molecule has 0 radical (unpaired) electrons. The molecule has 0 unspecified atom stereocenters. The first-order valence-electron chi connectivity index (χ1n) is 9.22. The van der Waals surface area contributed by atoms with E-state index in [1.54, 1.807) is 12.1 Å². The van der Waals surface area contributed by atoms with Crippen LogP contribution < -0.4 is 21.1 Å². The Morgan fingerprint density at radius 2 is 1.87 bits per heavy atom. The Hall–Kier alpha value is -4.22. The van der Waals surface area contributed by atoms with E-state index in [2.05, 4.69) is 10.6 Å². The predicted octanol–water partition coefficient (Wildman–Crippen LogP) is 2.29. The fourth-order valence-electron chi connectivity index (χ4n) is 2.59. The van der Waals surface area contributed by atoms with Crippen molar-refractivity contribution in [3.8, 4) is 5.75 Å². The van der Waals surface area contributed by atoms with Crippen LogP contribution in [0.2, 0.25) is 0 Å². The van der Waals surface area contributed by atoms with Gasteiger partial charge in [-0.2, -0.15) is 0 Å². The van der Waals surface area contributed by atoms with Crippen LogP contribution in [0.1, 0.15) is 23.2 Å². The maximum absolute atomic E-state index is 11.9. The third-order valence-corrected chi connectivity index (χ3v) is 4.15. The van der Waals surface area contributed by atoms with Crippen LogP contribution in [0.15, 0.2) is 36.4 Å². The lowest BCUT2D eigenvalue weighted by atomic mass is 10.2. The Balaban J connectivity index is 1.69. The number of hydrogen-bond donors (Lipinski definition) is 3. The number of nitro groups is 2. The molecular formula is C19H21N5O7. The topological polar surface area (TPSA) is 180 Å². The average molecular weight is 431 g/mol. The van der Waals surface area contributed by atoms with Crippen molar-refractivity contribution in [2.24, 2.45) is 0 Å². The highest BCUT2D eigenvalue weighted by Crippen LogP contribution is 2.28. The number of carbonyl (C=O) groups excluding carboxylic acids is 2. The first-order chi connectivity index (χ1) is 14.8. The van der Waals surface area contributed by atoms with Crippen LogP contribution in [0.3, 0.4) is 0 Å². The van der Waals surface area contributed by atoms with Crippen LogP contribution in [0, 0.1) is 20.2 Å². The SMILES string of the molecule is Nc1cc(OCCCC(=O)NCCNc2ccc([N+](=O)[O-])cc2[N+](=O)[O-])ccc1C=O. The van der Waals surface area contributed by atoms with Gasteiger partial charge in [-0.15, -0.1) is 0 Å². The van der Waals surface area contributed by atoms with Crippen LogP contribution in [-0.2, 0) is 4.79 Å². The van der Waals surface area contributed by atoms with E-state index in [4.69, 9.17) is 10.5 Å². The highest BCUT2D eigenvalue weighted by atomic mass is 16.6. The van der Waals surface area contributed by atoms with Gasteiger partial charge in [-0.1, -0.05) is 0 Å². The first-order valence-corrected chi connectivity index (χ1v) is 9.22. The van der Waals surface area contributed by atoms with Gasteiger partial charge in [0.1, 0.15) is 11.4 Å². The molecule has 0 aliphatic heterocycles. The number of anilines is 2. The standard InChI is InChI=1S/C19H21N5O7/c20-16-11-15(5-3-13(16)12-25)31-9-1-2-19(26)22-8-7-21-17-6-4-14(23(27)28)10-18(17)24(29)30/h3-6,10-12,21H,1-2,7-9,20H2,(H,22,26). The Kier molecular flexibility index (Phi) is 8.25. The maximum Gasteiger partial charge on any atom is 0.299 e. The molecule has 31 heavy (non-hydrogen) atoms. The molecule has 0 saturated carbocycles. The van der Waals surface area contributed by atoms with Crippen molar-refractivity contribution in [3.05, 3.63) is 62.2 Å². The van der Waals surface area contributed by atoms with Crippen LogP contribution in [-0.4, -0.2) is 41.7 Å². The molecule has 0 heterocycles. The van der Waals surface area contributed by atoms with E-state index < -0.39 is 15.5 Å². The molecule has 12 nitrogen and oxygen atoms in total. The van der Waals surface area contributed by atoms with E-state index >= 15 is 0 Å². The van der Waals surface area contributed by atoms with Crippen molar-refractivity contribution in [1.82, 2.24) is 5.32 Å². The van der Waals surface area contributed by atoms with E-state index in [0.717, 1.165) is 12.1 Å². The third-order valence-electron chi connectivity index (χ3n) is 4.15. The van der Waals surface area contributed by atoms with Gasteiger partial charge in [0.2, 0.25) is 5.91 Å². The van der Waals surface area contributed by atoms with Gasteiger partial charge < -0.3 is 21.1 Å². The molecule has 4 N–H and O–H groups in total. The lowest BCUT2D eigenvalue weighted by molar-refractivity contribution is -0.393. The summed E-state index contributed by atoms with van der Waals surface area (Å²) >= 11 is 0. The Morgan fingerprint density at radius 3 is 2.52 bits per heavy atom. The van der Waals surface area contributed by atoms with Gasteiger partial charge in [0, 0.05) is 42.9 Å². The Labute approximate surface area is 176 Å². The van der Waals surface area contributed by atoms with E-state index in [-0.39, 0.29) is 43.4 Å². The number of non-ortho nitro benzene ring substituents is 1. The Bertz CT molecular complexity index is 980. The number of amides is 1. The van der Waals surface area contributed by atoms with Crippen molar-refractivity contribution in [2.45, 2.75) is 12.8 Å². The number of nitrogens with two attached hydrogens (primary N) is 1. The smallest absolute Gasteiger partial charge is 0.299 e. The molecular weight excluding hydrogens is 410 g/mol. The molecule has 0 saturated heterocycles. The van der Waals surface area contributed by atoms with Gasteiger partial charge in [-0.3, -0.25) is 29.8 Å². The largest absolute Gasteiger partial charge is 0.494 e. The minimum absolute atomic E-state index is 0.123. The van der Waals surface area contributed by atoms with Gasteiger partial charge in [0.05, 0.1) is 22.5 Å². The molecule has 2 rings (SSSR count). The minimum atomic E-state index is -0.714.